The third-order valence-corrected chi connectivity index (χ3v) is 3.68. The summed E-state index contributed by atoms with van der Waals surface area (Å²) in [6, 6.07) is 3.51. The summed E-state index contributed by atoms with van der Waals surface area (Å²) in [6.07, 6.45) is 4.09. The van der Waals surface area contributed by atoms with Gasteiger partial charge < -0.3 is 0 Å². The fourth-order valence-electron chi connectivity index (χ4n) is 2.49. The van der Waals surface area contributed by atoms with Crippen LogP contribution in [0.1, 0.15) is 42.7 Å². The fourth-order valence-corrected chi connectivity index (χ4v) is 2.49. The number of nitrogens with zero attached hydrogens (tertiary/aromatic N) is 2. The van der Waals surface area contributed by atoms with Crippen LogP contribution in [0, 0.1) is 0 Å². The standard InChI is InChI=1S/C13H20N4O/c1-13(2)6-4-8-17(13)9-11-10(12(18)16-14)5-3-7-15-11/h3,5,7H,4,6,8-9,14H2,1-2H3,(H,16,18). The summed E-state index contributed by atoms with van der Waals surface area (Å²) in [4.78, 5) is 18.4. The van der Waals surface area contributed by atoms with E-state index in [0.717, 1.165) is 12.2 Å². The van der Waals surface area contributed by atoms with Gasteiger partial charge in [-0.1, -0.05) is 0 Å². The van der Waals surface area contributed by atoms with Crippen LogP contribution in [-0.4, -0.2) is 27.9 Å². The lowest BCUT2D eigenvalue weighted by Gasteiger charge is -2.31. The van der Waals surface area contributed by atoms with E-state index in [-0.39, 0.29) is 11.4 Å². The molecule has 98 valence electrons. The minimum atomic E-state index is -0.282. The summed E-state index contributed by atoms with van der Waals surface area (Å²) >= 11 is 0. The molecule has 1 aromatic heterocycles. The number of aromatic nitrogens is 1. The monoisotopic (exact) mass is 248 g/mol. The number of likely N-dealkylation sites (tertiary alicyclic amines) is 1. The molecule has 1 aliphatic rings. The zero-order chi connectivity index (χ0) is 13.2. The molecule has 2 heterocycles. The van der Waals surface area contributed by atoms with Gasteiger partial charge >= 0.3 is 0 Å². The molecule has 1 amide bonds. The zero-order valence-corrected chi connectivity index (χ0v) is 10.9. The number of carbonyl (C=O) groups excluding carboxylic acids is 1. The Morgan fingerprint density at radius 1 is 1.61 bits per heavy atom. The van der Waals surface area contributed by atoms with Crippen molar-refractivity contribution >= 4 is 5.91 Å². The van der Waals surface area contributed by atoms with Crippen molar-refractivity contribution in [3.63, 3.8) is 0 Å². The number of nitrogens with two attached hydrogens (primary N) is 1. The average molecular weight is 248 g/mol. The van der Waals surface area contributed by atoms with Gasteiger partial charge in [0, 0.05) is 18.3 Å². The fraction of sp³-hybridized carbons (Fsp3) is 0.538. The summed E-state index contributed by atoms with van der Waals surface area (Å²) in [5.74, 6) is 4.91. The van der Waals surface area contributed by atoms with Gasteiger partial charge in [0.1, 0.15) is 0 Å². The van der Waals surface area contributed by atoms with E-state index in [9.17, 15) is 4.79 Å². The Morgan fingerprint density at radius 2 is 2.39 bits per heavy atom. The first-order valence-electron chi connectivity index (χ1n) is 6.24. The van der Waals surface area contributed by atoms with Gasteiger partial charge in [0.15, 0.2) is 0 Å². The van der Waals surface area contributed by atoms with Gasteiger partial charge in [0.05, 0.1) is 11.3 Å². The highest BCUT2D eigenvalue weighted by molar-refractivity contribution is 5.94. The van der Waals surface area contributed by atoms with Crippen LogP contribution in [0.5, 0.6) is 0 Å². The van der Waals surface area contributed by atoms with E-state index in [1.54, 1.807) is 18.3 Å². The minimum absolute atomic E-state index is 0.175. The maximum Gasteiger partial charge on any atom is 0.267 e. The maximum atomic E-state index is 11.7. The van der Waals surface area contributed by atoms with Crippen molar-refractivity contribution in [2.75, 3.05) is 6.54 Å². The molecule has 1 aliphatic heterocycles. The molecule has 0 atom stereocenters. The number of amides is 1. The van der Waals surface area contributed by atoms with Gasteiger partial charge in [-0.3, -0.25) is 20.1 Å². The highest BCUT2D eigenvalue weighted by atomic mass is 16.2. The number of hydrogen-bond acceptors (Lipinski definition) is 4. The molecule has 3 N–H and O–H groups in total. The van der Waals surface area contributed by atoms with Gasteiger partial charge in [-0.2, -0.15) is 0 Å². The van der Waals surface area contributed by atoms with E-state index < -0.39 is 0 Å². The lowest BCUT2D eigenvalue weighted by Crippen LogP contribution is -2.38. The molecule has 0 aliphatic carbocycles. The van der Waals surface area contributed by atoms with Crippen molar-refractivity contribution in [1.29, 1.82) is 0 Å². The third-order valence-electron chi connectivity index (χ3n) is 3.68. The molecule has 0 aromatic carbocycles. The van der Waals surface area contributed by atoms with Crippen LogP contribution in [0.25, 0.3) is 0 Å². The molecule has 0 spiro atoms. The Morgan fingerprint density at radius 3 is 3.00 bits per heavy atom. The smallest absolute Gasteiger partial charge is 0.267 e. The molecular formula is C13H20N4O. The first kappa shape index (κ1) is 13.0. The molecule has 1 aromatic rings. The summed E-state index contributed by atoms with van der Waals surface area (Å²) in [6.45, 7) is 6.20. The second kappa shape index (κ2) is 5.04. The lowest BCUT2D eigenvalue weighted by atomic mass is 10.0. The predicted octanol–water partition coefficient (Wildman–Crippen LogP) is 1.06. The molecule has 5 nitrogen and oxygen atoms in total. The number of rotatable bonds is 3. The number of hydrazine groups is 1. The van der Waals surface area contributed by atoms with Crippen molar-refractivity contribution in [3.8, 4) is 0 Å². The topological polar surface area (TPSA) is 71.2 Å². The Balaban J connectivity index is 2.21. The zero-order valence-electron chi connectivity index (χ0n) is 10.9. The van der Waals surface area contributed by atoms with E-state index in [1.807, 2.05) is 0 Å². The van der Waals surface area contributed by atoms with Gasteiger partial charge in [0.25, 0.3) is 5.91 Å². The van der Waals surface area contributed by atoms with Crippen molar-refractivity contribution in [2.45, 2.75) is 38.8 Å². The van der Waals surface area contributed by atoms with Crippen LogP contribution in [-0.2, 0) is 6.54 Å². The molecule has 5 heteroatoms. The molecule has 0 bridgehead atoms. The Bertz CT molecular complexity index is 444. The SMILES string of the molecule is CC1(C)CCCN1Cc1ncccc1C(=O)NN. The number of nitrogen functional groups attached to an aromatic ring is 1. The Hall–Kier alpha value is -1.46. The van der Waals surface area contributed by atoms with Crippen molar-refractivity contribution < 1.29 is 4.79 Å². The van der Waals surface area contributed by atoms with Crippen LogP contribution in [0.3, 0.4) is 0 Å². The van der Waals surface area contributed by atoms with Gasteiger partial charge in [0.2, 0.25) is 0 Å². The quantitative estimate of drug-likeness (QED) is 0.476. The Labute approximate surface area is 107 Å². The van der Waals surface area contributed by atoms with E-state index in [2.05, 4.69) is 29.2 Å². The molecule has 18 heavy (non-hydrogen) atoms. The average Bonchev–Trinajstić information content (AvgIpc) is 2.68. The Kier molecular flexibility index (Phi) is 3.63. The summed E-state index contributed by atoms with van der Waals surface area (Å²) in [7, 11) is 0. The lowest BCUT2D eigenvalue weighted by molar-refractivity contribution is 0.0948. The molecule has 2 rings (SSSR count). The van der Waals surface area contributed by atoms with Gasteiger partial charge in [-0.05, 0) is 45.4 Å². The van der Waals surface area contributed by atoms with Crippen molar-refractivity contribution in [1.82, 2.24) is 15.3 Å². The number of pyridine rings is 1. The molecule has 0 saturated carbocycles. The van der Waals surface area contributed by atoms with Crippen LogP contribution in [0.15, 0.2) is 18.3 Å². The van der Waals surface area contributed by atoms with Gasteiger partial charge in [-0.25, -0.2) is 5.84 Å². The largest absolute Gasteiger partial charge is 0.292 e. The van der Waals surface area contributed by atoms with E-state index in [4.69, 9.17) is 5.84 Å². The van der Waals surface area contributed by atoms with Crippen LogP contribution in [0.4, 0.5) is 0 Å². The maximum absolute atomic E-state index is 11.7. The third kappa shape index (κ3) is 2.52. The normalized spacial score (nSPS) is 18.8. The summed E-state index contributed by atoms with van der Waals surface area (Å²) < 4.78 is 0. The minimum Gasteiger partial charge on any atom is -0.292 e. The molecule has 0 radical (unpaired) electrons. The molecular weight excluding hydrogens is 228 g/mol. The second-order valence-electron chi connectivity index (χ2n) is 5.31. The second-order valence-corrected chi connectivity index (χ2v) is 5.31. The number of nitrogens with one attached hydrogen (secondary N) is 1. The first-order valence-corrected chi connectivity index (χ1v) is 6.24. The van der Waals surface area contributed by atoms with Crippen molar-refractivity contribution in [2.24, 2.45) is 5.84 Å². The van der Waals surface area contributed by atoms with Crippen LogP contribution < -0.4 is 11.3 Å². The molecule has 1 fully saturated rings. The number of hydrogen-bond donors (Lipinski definition) is 2. The van der Waals surface area contributed by atoms with Crippen molar-refractivity contribution in [3.05, 3.63) is 29.6 Å². The van der Waals surface area contributed by atoms with E-state index in [0.29, 0.717) is 12.1 Å². The highest BCUT2D eigenvalue weighted by Gasteiger charge is 2.32. The molecule has 0 unspecified atom stereocenters. The van der Waals surface area contributed by atoms with Crippen LogP contribution in [0.2, 0.25) is 0 Å². The summed E-state index contributed by atoms with van der Waals surface area (Å²) in [5.41, 5.74) is 3.69. The number of carbonyl (C=O) groups is 1. The van der Waals surface area contributed by atoms with E-state index >= 15 is 0 Å². The van der Waals surface area contributed by atoms with E-state index in [1.165, 1.54) is 12.8 Å². The van der Waals surface area contributed by atoms with Crippen LogP contribution >= 0.6 is 0 Å². The molecule has 1 saturated heterocycles. The summed E-state index contributed by atoms with van der Waals surface area (Å²) in [5, 5.41) is 0. The highest BCUT2D eigenvalue weighted by Crippen LogP contribution is 2.29. The first-order chi connectivity index (χ1) is 8.54. The predicted molar refractivity (Wildman–Crippen MR) is 69.6 cm³/mol. The van der Waals surface area contributed by atoms with Gasteiger partial charge in [-0.15, -0.1) is 0 Å².